The van der Waals surface area contributed by atoms with Crippen molar-refractivity contribution in [3.05, 3.63) is 48.0 Å². The molecule has 0 bridgehead atoms. The highest BCUT2D eigenvalue weighted by Gasteiger charge is 2.26. The smallest absolute Gasteiger partial charge is 0.308 e. The molecular formula is C20H26IN3O2. The molecule has 0 amide bonds. The van der Waals surface area contributed by atoms with Crippen molar-refractivity contribution in [2.24, 2.45) is 10.9 Å². The number of carbonyl (C=O) groups is 1. The fourth-order valence-corrected chi connectivity index (χ4v) is 3.36. The van der Waals surface area contributed by atoms with Gasteiger partial charge >= 0.3 is 5.97 Å². The summed E-state index contributed by atoms with van der Waals surface area (Å²) in [6.45, 7) is 2.36. The number of halogens is 1. The number of fused-ring (bicyclic) bond motifs is 1. The zero-order valence-electron chi connectivity index (χ0n) is 15.3. The number of carbonyl (C=O) groups excluding carboxylic acids is 1. The lowest BCUT2D eigenvalue weighted by Gasteiger charge is -2.33. The van der Waals surface area contributed by atoms with Crippen molar-refractivity contribution >= 4 is 46.7 Å². The van der Waals surface area contributed by atoms with Crippen LogP contribution in [0.15, 0.2) is 47.5 Å². The van der Waals surface area contributed by atoms with Crippen molar-refractivity contribution in [3.63, 3.8) is 0 Å². The minimum Gasteiger partial charge on any atom is -0.469 e. The number of hydrogen-bond donors (Lipinski definition) is 1. The molecule has 2 aromatic rings. The number of aliphatic imine (C=N–C) groups is 1. The first-order valence-corrected chi connectivity index (χ1v) is 8.72. The zero-order chi connectivity index (χ0) is 17.6. The van der Waals surface area contributed by atoms with E-state index in [1.807, 2.05) is 0 Å². The molecule has 5 nitrogen and oxygen atoms in total. The lowest BCUT2D eigenvalue weighted by atomic mass is 9.97. The van der Waals surface area contributed by atoms with Gasteiger partial charge < -0.3 is 15.0 Å². The van der Waals surface area contributed by atoms with E-state index < -0.39 is 0 Å². The summed E-state index contributed by atoms with van der Waals surface area (Å²) in [4.78, 5) is 18.2. The van der Waals surface area contributed by atoms with Crippen LogP contribution in [0.4, 0.5) is 0 Å². The summed E-state index contributed by atoms with van der Waals surface area (Å²) in [5.74, 6) is 0.801. The number of esters is 1. The van der Waals surface area contributed by atoms with Gasteiger partial charge in [0, 0.05) is 26.7 Å². The summed E-state index contributed by atoms with van der Waals surface area (Å²) in [6.07, 6.45) is 1.62. The second-order valence-electron chi connectivity index (χ2n) is 6.37. The van der Waals surface area contributed by atoms with E-state index >= 15 is 0 Å². The molecule has 0 spiro atoms. The molecule has 6 heteroatoms. The van der Waals surface area contributed by atoms with Gasteiger partial charge in [-0.2, -0.15) is 0 Å². The minimum atomic E-state index is -0.0984. The normalized spacial score (nSPS) is 15.5. The monoisotopic (exact) mass is 467 g/mol. The molecule has 1 N–H and O–H groups in total. The third kappa shape index (κ3) is 4.87. The molecular weight excluding hydrogens is 441 g/mol. The summed E-state index contributed by atoms with van der Waals surface area (Å²) < 4.78 is 4.85. The third-order valence-electron chi connectivity index (χ3n) is 4.81. The molecule has 0 unspecified atom stereocenters. The first-order valence-electron chi connectivity index (χ1n) is 8.72. The second-order valence-corrected chi connectivity index (χ2v) is 6.37. The molecule has 0 aromatic heterocycles. The molecule has 3 rings (SSSR count). The predicted molar refractivity (Wildman–Crippen MR) is 116 cm³/mol. The Bertz CT molecular complexity index is 770. The van der Waals surface area contributed by atoms with E-state index in [1.165, 1.54) is 23.4 Å². The highest BCUT2D eigenvalue weighted by molar-refractivity contribution is 14.0. The average molecular weight is 467 g/mol. The average Bonchev–Trinajstić information content (AvgIpc) is 2.68. The molecule has 1 aliphatic rings. The number of likely N-dealkylation sites (tertiary alicyclic amines) is 1. The van der Waals surface area contributed by atoms with Gasteiger partial charge in [-0.1, -0.05) is 36.4 Å². The van der Waals surface area contributed by atoms with E-state index in [-0.39, 0.29) is 35.9 Å². The molecule has 0 saturated carbocycles. The minimum absolute atomic E-state index is 0. The number of rotatable bonds is 3. The molecule has 1 heterocycles. The quantitative estimate of drug-likeness (QED) is 0.326. The topological polar surface area (TPSA) is 53.9 Å². The highest BCUT2D eigenvalue weighted by atomic mass is 127. The van der Waals surface area contributed by atoms with E-state index in [9.17, 15) is 4.79 Å². The Balaban J connectivity index is 0.00000243. The summed E-state index contributed by atoms with van der Waals surface area (Å²) >= 11 is 0. The van der Waals surface area contributed by atoms with E-state index in [0.29, 0.717) is 0 Å². The Morgan fingerprint density at radius 2 is 1.88 bits per heavy atom. The number of nitrogens with zero attached hydrogens (tertiary/aromatic N) is 2. The van der Waals surface area contributed by atoms with Crippen LogP contribution in [0.1, 0.15) is 18.4 Å². The Labute approximate surface area is 171 Å². The SMILES string of the molecule is CN=C(NCc1ccc2ccccc2c1)N1CCC(C(=O)OC)CC1.I. The van der Waals surface area contributed by atoms with Crippen LogP contribution >= 0.6 is 24.0 Å². The van der Waals surface area contributed by atoms with Gasteiger partial charge in [-0.05, 0) is 35.2 Å². The summed E-state index contributed by atoms with van der Waals surface area (Å²) in [5.41, 5.74) is 1.23. The molecule has 1 saturated heterocycles. The largest absolute Gasteiger partial charge is 0.469 e. The number of nitrogens with one attached hydrogen (secondary N) is 1. The van der Waals surface area contributed by atoms with Gasteiger partial charge in [-0.25, -0.2) is 0 Å². The van der Waals surface area contributed by atoms with Crippen LogP contribution in [0.3, 0.4) is 0 Å². The van der Waals surface area contributed by atoms with Crippen molar-refractivity contribution in [2.75, 3.05) is 27.2 Å². The Morgan fingerprint density at radius 3 is 2.54 bits per heavy atom. The molecule has 1 fully saturated rings. The van der Waals surface area contributed by atoms with Gasteiger partial charge in [-0.3, -0.25) is 9.79 Å². The van der Waals surface area contributed by atoms with Crippen LogP contribution in [-0.4, -0.2) is 44.1 Å². The summed E-state index contributed by atoms with van der Waals surface area (Å²) in [7, 11) is 3.26. The number of methoxy groups -OCH3 is 1. The Hall–Kier alpha value is -1.83. The third-order valence-corrected chi connectivity index (χ3v) is 4.81. The van der Waals surface area contributed by atoms with E-state index in [2.05, 4.69) is 57.7 Å². The molecule has 1 aliphatic heterocycles. The zero-order valence-corrected chi connectivity index (χ0v) is 17.6. The van der Waals surface area contributed by atoms with Gasteiger partial charge in [0.25, 0.3) is 0 Å². The highest BCUT2D eigenvalue weighted by Crippen LogP contribution is 2.19. The Kier molecular flexibility index (Phi) is 7.68. The fourth-order valence-electron chi connectivity index (χ4n) is 3.36. The van der Waals surface area contributed by atoms with Crippen molar-refractivity contribution in [2.45, 2.75) is 19.4 Å². The predicted octanol–water partition coefficient (Wildman–Crippen LogP) is 3.42. The maximum Gasteiger partial charge on any atom is 0.308 e. The number of piperidine rings is 1. The lowest BCUT2D eigenvalue weighted by molar-refractivity contribution is -0.146. The molecule has 0 aliphatic carbocycles. The van der Waals surface area contributed by atoms with Crippen molar-refractivity contribution < 1.29 is 9.53 Å². The first-order chi connectivity index (χ1) is 12.2. The number of benzene rings is 2. The van der Waals surface area contributed by atoms with Crippen LogP contribution in [-0.2, 0) is 16.1 Å². The van der Waals surface area contributed by atoms with Crippen molar-refractivity contribution in [1.82, 2.24) is 10.2 Å². The van der Waals surface area contributed by atoms with Crippen molar-refractivity contribution in [1.29, 1.82) is 0 Å². The van der Waals surface area contributed by atoms with Gasteiger partial charge in [0.05, 0.1) is 13.0 Å². The van der Waals surface area contributed by atoms with E-state index in [4.69, 9.17) is 4.74 Å². The lowest BCUT2D eigenvalue weighted by Crippen LogP contribution is -2.46. The van der Waals surface area contributed by atoms with Gasteiger partial charge in [0.15, 0.2) is 5.96 Å². The van der Waals surface area contributed by atoms with Gasteiger partial charge in [-0.15, -0.1) is 24.0 Å². The van der Waals surface area contributed by atoms with E-state index in [1.54, 1.807) is 7.05 Å². The molecule has 26 heavy (non-hydrogen) atoms. The fraction of sp³-hybridized carbons (Fsp3) is 0.400. The summed E-state index contributed by atoms with van der Waals surface area (Å²) in [5, 5.41) is 5.93. The van der Waals surface area contributed by atoms with E-state index in [0.717, 1.165) is 38.4 Å². The van der Waals surface area contributed by atoms with Crippen LogP contribution in [0.25, 0.3) is 10.8 Å². The van der Waals surface area contributed by atoms with Crippen LogP contribution in [0.5, 0.6) is 0 Å². The maximum atomic E-state index is 11.6. The molecule has 0 radical (unpaired) electrons. The second kappa shape index (κ2) is 9.75. The number of guanidine groups is 1. The standard InChI is InChI=1S/C20H25N3O2.HI/c1-21-20(23-11-9-17(10-12-23)19(24)25-2)22-14-15-7-8-16-5-3-4-6-18(16)13-15;/h3-8,13,17H,9-12,14H2,1-2H3,(H,21,22);1H. The van der Waals surface area contributed by atoms with Crippen LogP contribution in [0.2, 0.25) is 0 Å². The van der Waals surface area contributed by atoms with Crippen molar-refractivity contribution in [3.8, 4) is 0 Å². The van der Waals surface area contributed by atoms with Crippen LogP contribution < -0.4 is 5.32 Å². The number of hydrogen-bond acceptors (Lipinski definition) is 3. The maximum absolute atomic E-state index is 11.6. The molecule has 2 aromatic carbocycles. The first kappa shape index (κ1) is 20.5. The van der Waals surface area contributed by atoms with Gasteiger partial charge in [0.1, 0.15) is 0 Å². The molecule has 0 atom stereocenters. The number of ether oxygens (including phenoxy) is 1. The van der Waals surface area contributed by atoms with Gasteiger partial charge in [0.2, 0.25) is 0 Å². The molecule has 140 valence electrons. The Morgan fingerprint density at radius 1 is 1.19 bits per heavy atom. The van der Waals surface area contributed by atoms with Crippen LogP contribution in [0, 0.1) is 5.92 Å². The summed E-state index contributed by atoms with van der Waals surface area (Å²) in [6, 6.07) is 14.9.